The Balaban J connectivity index is 3.56. The van der Waals surface area contributed by atoms with Crippen molar-refractivity contribution < 1.29 is 9.90 Å². The lowest BCUT2D eigenvalue weighted by molar-refractivity contribution is -0.112. The summed E-state index contributed by atoms with van der Waals surface area (Å²) in [5, 5.41) is 10.5. The van der Waals surface area contributed by atoms with E-state index in [4.69, 9.17) is 0 Å². The third-order valence-corrected chi connectivity index (χ3v) is 7.68. The molecule has 0 aliphatic heterocycles. The first-order valence-electron chi connectivity index (χ1n) is 7.26. The molecule has 0 saturated heterocycles. The molecule has 0 aromatic carbocycles. The number of hydrogen-bond donors (Lipinski definition) is 1. The molecule has 0 heterocycles. The van der Waals surface area contributed by atoms with E-state index in [1.54, 1.807) is 0 Å². The minimum atomic E-state index is -1.55. The number of rotatable bonds is 9. The molecule has 0 bridgehead atoms. The fourth-order valence-corrected chi connectivity index (χ4v) is 3.78. The van der Waals surface area contributed by atoms with Crippen LogP contribution >= 0.6 is 0 Å². The first-order chi connectivity index (χ1) is 8.05. The number of hydrogen-bond acceptors (Lipinski definition) is 2. The Hall–Kier alpha value is 0.0638. The van der Waals surface area contributed by atoms with Crippen molar-refractivity contribution in [2.75, 3.05) is 0 Å². The number of aliphatic hydroxyl groups is 1. The Morgan fingerprint density at radius 2 is 1.44 bits per heavy atom. The lowest BCUT2D eigenvalue weighted by Crippen LogP contribution is -2.37. The van der Waals surface area contributed by atoms with E-state index in [2.05, 4.69) is 39.3 Å². The van der Waals surface area contributed by atoms with Crippen molar-refractivity contribution in [2.45, 2.75) is 83.5 Å². The van der Waals surface area contributed by atoms with Crippen LogP contribution in [-0.2, 0) is 4.79 Å². The van der Waals surface area contributed by atoms with Crippen LogP contribution in [0.15, 0.2) is 0 Å². The van der Waals surface area contributed by atoms with E-state index in [-0.39, 0.29) is 5.73 Å². The third kappa shape index (κ3) is 8.22. The van der Waals surface area contributed by atoms with Gasteiger partial charge in [-0.1, -0.05) is 58.5 Å². The van der Waals surface area contributed by atoms with Gasteiger partial charge >= 0.3 is 0 Å². The molecule has 108 valence electrons. The fraction of sp³-hybridized carbons (Fsp3) is 0.929. The number of unbranched alkanes of at least 4 members (excludes halogenated alkanes) is 3. The zero-order chi connectivity index (χ0) is 14.4. The molecule has 0 spiro atoms. The van der Waals surface area contributed by atoms with Gasteiger partial charge in [0.2, 0.25) is 0 Å². The maximum atomic E-state index is 11.8. The Morgan fingerprint density at radius 3 is 1.89 bits per heavy atom. The summed E-state index contributed by atoms with van der Waals surface area (Å²) in [5.74, 6) is 0. The molecule has 1 atom stereocenters. The summed E-state index contributed by atoms with van der Waals surface area (Å²) in [6, 6.07) is 0. The van der Waals surface area contributed by atoms with E-state index < -0.39 is 16.1 Å². The number of carbonyl (C=O) groups is 1. The summed E-state index contributed by atoms with van der Waals surface area (Å²) >= 11 is 0. The van der Waals surface area contributed by atoms with Gasteiger partial charge in [-0.25, -0.2) is 0 Å². The molecule has 0 aromatic heterocycles. The van der Waals surface area contributed by atoms with Gasteiger partial charge in [0.05, 0.1) is 8.07 Å². The van der Waals surface area contributed by atoms with E-state index >= 15 is 0 Å². The first kappa shape index (κ1) is 18.1. The van der Waals surface area contributed by atoms with Crippen molar-refractivity contribution in [3.63, 3.8) is 0 Å². The van der Waals surface area contributed by atoms with Crippen LogP contribution < -0.4 is 0 Å². The second-order valence-electron chi connectivity index (χ2n) is 7.51. The molecule has 0 rings (SSSR count). The summed E-state index contributed by atoms with van der Waals surface area (Å²) in [5.41, 5.74) is -0.0684. The van der Waals surface area contributed by atoms with Crippen LogP contribution in [0.5, 0.6) is 0 Å². The molecular formula is C14H32O2Si2. The second kappa shape index (κ2) is 7.60. The maximum Gasteiger partial charge on any atom is 0.123 e. The lowest BCUT2D eigenvalue weighted by Gasteiger charge is -2.23. The molecule has 18 heavy (non-hydrogen) atoms. The highest BCUT2D eigenvalue weighted by atomic mass is 28.3. The molecule has 2 nitrogen and oxygen atoms in total. The van der Waals surface area contributed by atoms with Gasteiger partial charge in [-0.2, -0.15) is 0 Å². The Bertz CT molecular complexity index is 252. The number of aliphatic hydroxyl groups excluding tert-OH is 1. The van der Waals surface area contributed by atoms with Crippen molar-refractivity contribution >= 4 is 21.6 Å². The standard InChI is InChI=1S/C14H32O2Si2/c1-17(2,3)13(15)11-9-7-8-10-12-14(16)18(4,5)6/h13,15H,7-12H2,1-6H3. The van der Waals surface area contributed by atoms with Crippen molar-refractivity contribution in [1.29, 1.82) is 0 Å². The molecular weight excluding hydrogens is 256 g/mol. The number of carbonyl (C=O) groups excluding carboxylic acids is 1. The van der Waals surface area contributed by atoms with Crippen LogP contribution in [0, 0.1) is 0 Å². The quantitative estimate of drug-likeness (QED) is 0.514. The molecule has 0 amide bonds. The van der Waals surface area contributed by atoms with Crippen LogP contribution in [0.2, 0.25) is 39.3 Å². The average molecular weight is 289 g/mol. The monoisotopic (exact) mass is 288 g/mol. The summed E-state index contributed by atoms with van der Waals surface area (Å²) in [6.45, 7) is 13.0. The predicted octanol–water partition coefficient (Wildman–Crippen LogP) is 4.01. The summed E-state index contributed by atoms with van der Waals surface area (Å²) < 4.78 is 0. The van der Waals surface area contributed by atoms with Gasteiger partial charge in [0.25, 0.3) is 0 Å². The van der Waals surface area contributed by atoms with Gasteiger partial charge < -0.3 is 9.90 Å². The van der Waals surface area contributed by atoms with Crippen LogP contribution in [0.4, 0.5) is 0 Å². The fourth-order valence-electron chi connectivity index (χ4n) is 1.78. The third-order valence-electron chi connectivity index (χ3n) is 3.47. The van der Waals surface area contributed by atoms with Gasteiger partial charge in [-0.05, 0) is 12.8 Å². The highest BCUT2D eigenvalue weighted by Gasteiger charge is 2.24. The van der Waals surface area contributed by atoms with Crippen molar-refractivity contribution in [1.82, 2.24) is 0 Å². The molecule has 0 aliphatic carbocycles. The van der Waals surface area contributed by atoms with Crippen LogP contribution in [-0.4, -0.2) is 32.4 Å². The lowest BCUT2D eigenvalue weighted by atomic mass is 10.1. The van der Waals surface area contributed by atoms with Gasteiger partial charge in [-0.15, -0.1) is 0 Å². The van der Waals surface area contributed by atoms with E-state index in [1.807, 2.05) is 0 Å². The van der Waals surface area contributed by atoms with Gasteiger partial charge in [0.1, 0.15) is 13.5 Å². The van der Waals surface area contributed by atoms with Crippen molar-refractivity contribution in [3.05, 3.63) is 0 Å². The SMILES string of the molecule is C[Si](C)(C)C(=O)CCCCCCC(O)[Si](C)(C)C. The highest BCUT2D eigenvalue weighted by molar-refractivity contribution is 7.03. The molecule has 0 aliphatic rings. The molecule has 0 fully saturated rings. The summed E-state index contributed by atoms with van der Waals surface area (Å²) in [6.07, 6.45) is 6.14. The van der Waals surface area contributed by atoms with Gasteiger partial charge in [-0.3, -0.25) is 0 Å². The Morgan fingerprint density at radius 1 is 0.944 bits per heavy atom. The maximum absolute atomic E-state index is 11.8. The molecule has 0 radical (unpaired) electrons. The Kier molecular flexibility index (Phi) is 7.63. The minimum Gasteiger partial charge on any atom is -0.397 e. The molecule has 1 unspecified atom stereocenters. The van der Waals surface area contributed by atoms with E-state index in [0.29, 0.717) is 5.41 Å². The molecule has 1 N–H and O–H groups in total. The van der Waals surface area contributed by atoms with Crippen LogP contribution in [0.1, 0.15) is 38.5 Å². The van der Waals surface area contributed by atoms with Crippen LogP contribution in [0.25, 0.3) is 0 Å². The summed E-state index contributed by atoms with van der Waals surface area (Å²) in [4.78, 5) is 11.8. The van der Waals surface area contributed by atoms with E-state index in [9.17, 15) is 9.90 Å². The van der Waals surface area contributed by atoms with Crippen molar-refractivity contribution in [3.8, 4) is 0 Å². The normalized spacial score (nSPS) is 14.6. The first-order valence-corrected chi connectivity index (χ1v) is 14.3. The van der Waals surface area contributed by atoms with Gasteiger partial charge in [0.15, 0.2) is 0 Å². The smallest absolute Gasteiger partial charge is 0.123 e. The Labute approximate surface area is 115 Å². The zero-order valence-corrected chi connectivity index (χ0v) is 15.2. The van der Waals surface area contributed by atoms with Gasteiger partial charge in [0, 0.05) is 12.1 Å². The topological polar surface area (TPSA) is 37.3 Å². The largest absolute Gasteiger partial charge is 0.397 e. The summed E-state index contributed by atoms with van der Waals surface area (Å²) in [7, 11) is -2.91. The molecule has 0 saturated carbocycles. The zero-order valence-electron chi connectivity index (χ0n) is 13.2. The minimum absolute atomic E-state index is 0.0684. The van der Waals surface area contributed by atoms with E-state index in [0.717, 1.165) is 38.5 Å². The predicted molar refractivity (Wildman–Crippen MR) is 85.4 cm³/mol. The van der Waals surface area contributed by atoms with Crippen molar-refractivity contribution in [2.24, 2.45) is 0 Å². The van der Waals surface area contributed by atoms with E-state index in [1.165, 1.54) is 0 Å². The molecule has 0 aromatic rings. The highest BCUT2D eigenvalue weighted by Crippen LogP contribution is 2.16. The average Bonchev–Trinajstić information content (AvgIpc) is 2.19. The second-order valence-corrected chi connectivity index (χ2v) is 18.0. The molecule has 4 heteroatoms. The van der Waals surface area contributed by atoms with Crippen LogP contribution in [0.3, 0.4) is 0 Å².